The van der Waals surface area contributed by atoms with Crippen LogP contribution in [0.25, 0.3) is 0 Å². The van der Waals surface area contributed by atoms with Gasteiger partial charge in [-0.05, 0) is 42.2 Å². The normalized spacial score (nSPS) is 18.8. The average molecular weight is 379 g/mol. The highest BCUT2D eigenvalue weighted by Gasteiger charge is 2.26. The van der Waals surface area contributed by atoms with Crippen LogP contribution < -0.4 is 10.6 Å². The van der Waals surface area contributed by atoms with E-state index in [4.69, 9.17) is 9.73 Å². The fourth-order valence-corrected chi connectivity index (χ4v) is 3.92. The van der Waals surface area contributed by atoms with Crippen molar-refractivity contribution in [3.63, 3.8) is 0 Å². The molecule has 0 spiro atoms. The number of methoxy groups -OCH3 is 1. The van der Waals surface area contributed by atoms with Crippen LogP contribution in [0.4, 0.5) is 17.1 Å². The average Bonchev–Trinajstić information content (AvgIpc) is 2.88. The van der Waals surface area contributed by atoms with E-state index in [9.17, 15) is 0 Å². The summed E-state index contributed by atoms with van der Waals surface area (Å²) < 4.78 is 5.29. The van der Waals surface area contributed by atoms with E-state index in [1.165, 1.54) is 11.1 Å². The second-order valence-electron chi connectivity index (χ2n) is 7.92. The van der Waals surface area contributed by atoms with Crippen molar-refractivity contribution in [1.29, 1.82) is 0 Å². The Morgan fingerprint density at radius 2 is 2.04 bits per heavy atom. The van der Waals surface area contributed by atoms with E-state index in [-0.39, 0.29) is 0 Å². The van der Waals surface area contributed by atoms with Crippen molar-refractivity contribution in [3.05, 3.63) is 53.6 Å². The summed E-state index contributed by atoms with van der Waals surface area (Å²) in [5, 5.41) is 7.23. The molecule has 0 amide bonds. The molecule has 2 aromatic carbocycles. The van der Waals surface area contributed by atoms with E-state index in [0.29, 0.717) is 12.0 Å². The second kappa shape index (κ2) is 8.33. The van der Waals surface area contributed by atoms with Crippen molar-refractivity contribution in [2.45, 2.75) is 32.2 Å². The van der Waals surface area contributed by atoms with Crippen molar-refractivity contribution in [2.75, 3.05) is 38.7 Å². The summed E-state index contributed by atoms with van der Waals surface area (Å²) in [5.41, 5.74) is 5.70. The van der Waals surface area contributed by atoms with Gasteiger partial charge in [0.05, 0.1) is 11.4 Å². The Bertz CT molecular complexity index is 861. The van der Waals surface area contributed by atoms with Gasteiger partial charge >= 0.3 is 0 Å². The molecule has 2 aromatic rings. The molecule has 148 valence electrons. The zero-order valence-corrected chi connectivity index (χ0v) is 17.0. The number of nitrogens with one attached hydrogen (secondary N) is 2. The Balaban J connectivity index is 1.75. The number of anilines is 2. The van der Waals surface area contributed by atoms with Gasteiger partial charge in [0.25, 0.3) is 0 Å². The summed E-state index contributed by atoms with van der Waals surface area (Å²) >= 11 is 0. The molecule has 0 aliphatic carbocycles. The first-order chi connectivity index (χ1) is 13.7. The lowest BCUT2D eigenvalue weighted by atomic mass is 9.98. The van der Waals surface area contributed by atoms with Crippen LogP contribution in [0.1, 0.15) is 37.3 Å². The van der Waals surface area contributed by atoms with E-state index in [2.05, 4.69) is 71.8 Å². The van der Waals surface area contributed by atoms with Gasteiger partial charge in [0.15, 0.2) is 0 Å². The summed E-state index contributed by atoms with van der Waals surface area (Å²) in [6, 6.07) is 15.4. The first-order valence-electron chi connectivity index (χ1n) is 10.2. The maximum absolute atomic E-state index is 5.29. The third-order valence-electron chi connectivity index (χ3n) is 5.58. The number of hydrogen-bond donors (Lipinski definition) is 2. The number of aliphatic imine (C=N–C) groups is 1. The molecule has 1 unspecified atom stereocenters. The lowest BCUT2D eigenvalue weighted by Crippen LogP contribution is -2.53. The van der Waals surface area contributed by atoms with Gasteiger partial charge in [-0.3, -0.25) is 0 Å². The topological polar surface area (TPSA) is 48.9 Å². The second-order valence-corrected chi connectivity index (χ2v) is 7.92. The van der Waals surface area contributed by atoms with E-state index >= 15 is 0 Å². The molecule has 0 saturated carbocycles. The number of rotatable bonds is 4. The molecule has 5 heteroatoms. The molecule has 4 rings (SSSR count). The standard InChI is InChI=1S/C23H30N4O/c1-16(2)17-8-9-20-19(14-17)23(26-22-7-5-4-6-21(22)25-20)27-12-11-24-18(15-27)10-13-28-3/h4-9,14,16,18,24-25H,10-13,15H2,1-3H3. The van der Waals surface area contributed by atoms with Gasteiger partial charge in [-0.2, -0.15) is 0 Å². The predicted molar refractivity (Wildman–Crippen MR) is 116 cm³/mol. The van der Waals surface area contributed by atoms with Crippen LogP contribution in [0.3, 0.4) is 0 Å². The zero-order chi connectivity index (χ0) is 19.5. The van der Waals surface area contributed by atoms with Crippen LogP contribution >= 0.6 is 0 Å². The number of amidine groups is 1. The van der Waals surface area contributed by atoms with Crippen molar-refractivity contribution in [2.24, 2.45) is 4.99 Å². The Morgan fingerprint density at radius 1 is 1.18 bits per heavy atom. The molecule has 0 aromatic heterocycles. The van der Waals surface area contributed by atoms with Gasteiger partial charge in [-0.25, -0.2) is 4.99 Å². The summed E-state index contributed by atoms with van der Waals surface area (Å²) in [6.07, 6.45) is 1.01. The van der Waals surface area contributed by atoms with Gasteiger partial charge in [0.1, 0.15) is 5.84 Å². The molecule has 2 aliphatic rings. The summed E-state index contributed by atoms with van der Waals surface area (Å²) in [4.78, 5) is 7.57. The predicted octanol–water partition coefficient (Wildman–Crippen LogP) is 4.26. The van der Waals surface area contributed by atoms with E-state index in [1.807, 2.05) is 0 Å². The van der Waals surface area contributed by atoms with Crippen molar-refractivity contribution in [3.8, 4) is 0 Å². The number of hydrogen-bond acceptors (Lipinski definition) is 5. The molecular formula is C23H30N4O. The van der Waals surface area contributed by atoms with Crippen LogP contribution in [0.15, 0.2) is 47.5 Å². The molecule has 0 radical (unpaired) electrons. The third-order valence-corrected chi connectivity index (χ3v) is 5.58. The molecule has 0 bridgehead atoms. The molecule has 28 heavy (non-hydrogen) atoms. The molecule has 2 heterocycles. The van der Waals surface area contributed by atoms with E-state index in [0.717, 1.165) is 55.6 Å². The molecule has 5 nitrogen and oxygen atoms in total. The molecule has 2 aliphatic heterocycles. The maximum atomic E-state index is 5.29. The highest BCUT2D eigenvalue weighted by Crippen LogP contribution is 2.36. The summed E-state index contributed by atoms with van der Waals surface area (Å²) in [5.74, 6) is 1.55. The minimum atomic E-state index is 0.416. The van der Waals surface area contributed by atoms with Crippen molar-refractivity contribution in [1.82, 2.24) is 10.2 Å². The van der Waals surface area contributed by atoms with Crippen molar-refractivity contribution < 1.29 is 4.74 Å². The molecular weight excluding hydrogens is 348 g/mol. The van der Waals surface area contributed by atoms with Gasteiger partial charge in [-0.1, -0.05) is 32.0 Å². The van der Waals surface area contributed by atoms with E-state index < -0.39 is 0 Å². The molecule has 1 saturated heterocycles. The van der Waals surface area contributed by atoms with Crippen LogP contribution in [-0.2, 0) is 4.74 Å². The van der Waals surface area contributed by atoms with Crippen LogP contribution in [0.5, 0.6) is 0 Å². The number of fused-ring (bicyclic) bond motifs is 2. The smallest absolute Gasteiger partial charge is 0.138 e. The third kappa shape index (κ3) is 3.91. The maximum Gasteiger partial charge on any atom is 0.138 e. The lowest BCUT2D eigenvalue weighted by molar-refractivity contribution is 0.168. The fraction of sp³-hybridized carbons (Fsp3) is 0.435. The van der Waals surface area contributed by atoms with Gasteiger partial charge in [-0.15, -0.1) is 0 Å². The first kappa shape index (κ1) is 19.0. The number of ether oxygens (including phenoxy) is 1. The Hall–Kier alpha value is -2.37. The molecule has 1 fully saturated rings. The minimum absolute atomic E-state index is 0.416. The van der Waals surface area contributed by atoms with Crippen LogP contribution in [0.2, 0.25) is 0 Å². The van der Waals surface area contributed by atoms with Gasteiger partial charge in [0, 0.05) is 50.6 Å². The summed E-state index contributed by atoms with van der Waals surface area (Å²) in [6.45, 7) is 8.11. The van der Waals surface area contributed by atoms with E-state index in [1.54, 1.807) is 7.11 Å². The number of nitrogens with zero attached hydrogens (tertiary/aromatic N) is 2. The molecule has 1 atom stereocenters. The Labute approximate surface area is 167 Å². The lowest BCUT2D eigenvalue weighted by Gasteiger charge is -2.36. The minimum Gasteiger partial charge on any atom is -0.385 e. The molecule has 2 N–H and O–H groups in total. The van der Waals surface area contributed by atoms with Crippen LogP contribution in [0, 0.1) is 0 Å². The number of piperazine rings is 1. The first-order valence-corrected chi connectivity index (χ1v) is 10.2. The monoisotopic (exact) mass is 378 g/mol. The zero-order valence-electron chi connectivity index (χ0n) is 17.0. The highest BCUT2D eigenvalue weighted by molar-refractivity contribution is 6.08. The SMILES string of the molecule is COCCC1CN(C2=Nc3ccccc3Nc3ccc(C(C)C)cc32)CCN1. The number of benzene rings is 2. The Kier molecular flexibility index (Phi) is 5.64. The quantitative estimate of drug-likeness (QED) is 0.835. The van der Waals surface area contributed by atoms with Gasteiger partial charge < -0.3 is 20.3 Å². The highest BCUT2D eigenvalue weighted by atomic mass is 16.5. The summed E-state index contributed by atoms with van der Waals surface area (Å²) in [7, 11) is 1.77. The van der Waals surface area contributed by atoms with Crippen molar-refractivity contribution >= 4 is 22.9 Å². The Morgan fingerprint density at radius 3 is 2.86 bits per heavy atom. The van der Waals surface area contributed by atoms with Gasteiger partial charge in [0.2, 0.25) is 0 Å². The largest absolute Gasteiger partial charge is 0.385 e. The fourth-order valence-electron chi connectivity index (χ4n) is 3.92. The van der Waals surface area contributed by atoms with Crippen LogP contribution in [-0.4, -0.2) is 50.1 Å². The number of para-hydroxylation sites is 2.